The highest BCUT2D eigenvalue weighted by Crippen LogP contribution is 2.30. The first-order valence-electron chi connectivity index (χ1n) is 9.69. The Morgan fingerprint density at radius 2 is 1.39 bits per heavy atom. The first-order valence-corrected chi connectivity index (χ1v) is 9.69. The van der Waals surface area contributed by atoms with E-state index in [4.69, 9.17) is 4.74 Å². The van der Waals surface area contributed by atoms with Crippen molar-refractivity contribution in [1.29, 1.82) is 0 Å². The number of aromatic nitrogens is 2. The van der Waals surface area contributed by atoms with E-state index in [0.717, 1.165) is 12.1 Å². The molecule has 0 saturated heterocycles. The molecule has 0 aliphatic carbocycles. The van der Waals surface area contributed by atoms with Gasteiger partial charge < -0.3 is 19.5 Å². The van der Waals surface area contributed by atoms with Gasteiger partial charge in [0.05, 0.1) is 11.6 Å². The number of alkyl halides is 9. The Morgan fingerprint density at radius 3 is 1.81 bits per heavy atom. The lowest BCUT2D eigenvalue weighted by molar-refractivity contribution is -0.154. The molecule has 0 unspecified atom stereocenters. The molecule has 1 heterocycles. The third kappa shape index (κ3) is 9.63. The third-order valence-corrected chi connectivity index (χ3v) is 3.81. The van der Waals surface area contributed by atoms with Crippen molar-refractivity contribution in [3.63, 3.8) is 0 Å². The average Bonchev–Trinajstić information content (AvgIpc) is 2.75. The second-order valence-electron chi connectivity index (χ2n) is 6.71. The summed E-state index contributed by atoms with van der Waals surface area (Å²) >= 11 is 0. The average molecular weight is 536 g/mol. The summed E-state index contributed by atoms with van der Waals surface area (Å²) in [7, 11) is 0. The van der Waals surface area contributed by atoms with Crippen molar-refractivity contribution < 1.29 is 58.5 Å². The number of amides is 2. The number of nitrogens with zero attached hydrogens (tertiary/aromatic N) is 3. The van der Waals surface area contributed by atoms with Crippen LogP contribution in [0.2, 0.25) is 0 Å². The molecule has 2 aromatic rings. The summed E-state index contributed by atoms with van der Waals surface area (Å²) < 4.78 is 127. The minimum absolute atomic E-state index is 0.00571. The lowest BCUT2D eigenvalue weighted by atomic mass is 10.2. The quantitative estimate of drug-likeness (QED) is 0.341. The number of nitrogens with one attached hydrogen (secondary N) is 1. The number of ether oxygens (including phenoxy) is 3. The molecule has 1 N–H and O–H groups in total. The van der Waals surface area contributed by atoms with E-state index in [9.17, 15) is 44.3 Å². The highest BCUT2D eigenvalue weighted by molar-refractivity contribution is 6.00. The van der Waals surface area contributed by atoms with E-state index in [2.05, 4.69) is 24.8 Å². The fraction of sp³-hybridized carbons (Fsp3) is 0.421. The van der Waals surface area contributed by atoms with Gasteiger partial charge in [-0.25, -0.2) is 9.69 Å². The molecule has 17 heteroatoms. The molecule has 2 rings (SSSR count). The zero-order chi connectivity index (χ0) is 27.1. The maximum Gasteiger partial charge on any atom is 0.422 e. The Balaban J connectivity index is 2.36. The SMILES string of the molecule is CCOCN(C(=O)Nc1ccc(C(F)(F)F)cc1)c1nc(OCC(F)(F)F)cc(OCC(F)(F)F)n1. The topological polar surface area (TPSA) is 85.8 Å². The van der Waals surface area contributed by atoms with Crippen molar-refractivity contribution in [2.75, 3.05) is 36.8 Å². The van der Waals surface area contributed by atoms with E-state index < -0.39 is 67.8 Å². The molecule has 0 atom stereocenters. The summed E-state index contributed by atoms with van der Waals surface area (Å²) in [5.41, 5.74) is -1.14. The Kier molecular flexibility index (Phi) is 9.17. The molecular formula is C19H17F9N4O4. The van der Waals surface area contributed by atoms with Gasteiger partial charge in [0.1, 0.15) is 6.73 Å². The Bertz CT molecular complexity index is 976. The lowest BCUT2D eigenvalue weighted by Gasteiger charge is -2.22. The van der Waals surface area contributed by atoms with Gasteiger partial charge in [-0.1, -0.05) is 0 Å². The number of rotatable bonds is 9. The van der Waals surface area contributed by atoms with Crippen LogP contribution in [0, 0.1) is 0 Å². The van der Waals surface area contributed by atoms with Crippen LogP contribution in [-0.4, -0.2) is 54.9 Å². The van der Waals surface area contributed by atoms with E-state index in [0.29, 0.717) is 23.1 Å². The van der Waals surface area contributed by atoms with E-state index in [1.54, 1.807) is 0 Å². The first kappa shape index (κ1) is 28.7. The lowest BCUT2D eigenvalue weighted by Crippen LogP contribution is -2.38. The van der Waals surface area contributed by atoms with Crippen LogP contribution >= 0.6 is 0 Å². The largest absolute Gasteiger partial charge is 0.468 e. The third-order valence-electron chi connectivity index (χ3n) is 3.81. The highest BCUT2D eigenvalue weighted by Gasteiger charge is 2.32. The molecule has 200 valence electrons. The van der Waals surface area contributed by atoms with E-state index in [-0.39, 0.29) is 12.3 Å². The molecule has 0 radical (unpaired) electrons. The van der Waals surface area contributed by atoms with Crippen molar-refractivity contribution in [2.45, 2.75) is 25.5 Å². The van der Waals surface area contributed by atoms with E-state index in [1.807, 2.05) is 0 Å². The van der Waals surface area contributed by atoms with Gasteiger partial charge in [-0.05, 0) is 31.2 Å². The number of carbonyl (C=O) groups is 1. The van der Waals surface area contributed by atoms with Gasteiger partial charge in [-0.2, -0.15) is 49.5 Å². The molecule has 1 aromatic heterocycles. The van der Waals surface area contributed by atoms with Crippen molar-refractivity contribution in [3.05, 3.63) is 35.9 Å². The molecule has 0 saturated carbocycles. The summed E-state index contributed by atoms with van der Waals surface area (Å²) in [5.74, 6) is -2.53. The minimum Gasteiger partial charge on any atom is -0.468 e. The van der Waals surface area contributed by atoms with E-state index in [1.165, 1.54) is 6.92 Å². The van der Waals surface area contributed by atoms with Crippen LogP contribution in [0.15, 0.2) is 30.3 Å². The summed E-state index contributed by atoms with van der Waals surface area (Å²) in [5, 5.41) is 2.20. The summed E-state index contributed by atoms with van der Waals surface area (Å²) in [6.07, 6.45) is -14.3. The normalized spacial score (nSPS) is 12.3. The number of hydrogen-bond acceptors (Lipinski definition) is 6. The van der Waals surface area contributed by atoms with Crippen LogP contribution in [0.25, 0.3) is 0 Å². The van der Waals surface area contributed by atoms with Gasteiger partial charge >= 0.3 is 24.6 Å². The van der Waals surface area contributed by atoms with Crippen molar-refractivity contribution in [3.8, 4) is 11.8 Å². The zero-order valence-electron chi connectivity index (χ0n) is 18.1. The van der Waals surface area contributed by atoms with Gasteiger partial charge in [0, 0.05) is 12.3 Å². The Hall–Kier alpha value is -3.50. The molecule has 0 fully saturated rings. The fourth-order valence-corrected chi connectivity index (χ4v) is 2.30. The number of anilines is 2. The van der Waals surface area contributed by atoms with Crippen LogP contribution in [-0.2, 0) is 10.9 Å². The van der Waals surface area contributed by atoms with E-state index >= 15 is 0 Å². The molecular weight excluding hydrogens is 519 g/mol. The molecule has 1 aromatic carbocycles. The standard InChI is InChI=1S/C19H17F9N4O4/c1-2-34-10-32(16(33)29-12-5-3-11(4-6-12)19(26,27)28)15-30-13(35-8-17(20,21)22)7-14(31-15)36-9-18(23,24)25/h3-7H,2,8-10H2,1H3,(H,29,33). The van der Waals surface area contributed by atoms with Crippen LogP contribution < -0.4 is 19.7 Å². The smallest absolute Gasteiger partial charge is 0.422 e. The van der Waals surface area contributed by atoms with Gasteiger partial charge in [-0.3, -0.25) is 0 Å². The van der Waals surface area contributed by atoms with Crippen molar-refractivity contribution in [2.24, 2.45) is 0 Å². The number of halogens is 9. The van der Waals surface area contributed by atoms with Crippen LogP contribution in [0.4, 0.5) is 55.9 Å². The van der Waals surface area contributed by atoms with Gasteiger partial charge in [0.2, 0.25) is 17.7 Å². The van der Waals surface area contributed by atoms with Gasteiger partial charge in [-0.15, -0.1) is 0 Å². The zero-order valence-corrected chi connectivity index (χ0v) is 18.1. The highest BCUT2D eigenvalue weighted by atomic mass is 19.4. The van der Waals surface area contributed by atoms with Crippen molar-refractivity contribution >= 4 is 17.7 Å². The van der Waals surface area contributed by atoms with Crippen LogP contribution in [0.1, 0.15) is 12.5 Å². The second-order valence-corrected chi connectivity index (χ2v) is 6.71. The summed E-state index contributed by atoms with van der Waals surface area (Å²) in [6, 6.07) is 2.59. The molecule has 2 amide bonds. The second kappa shape index (κ2) is 11.5. The van der Waals surface area contributed by atoms with Crippen LogP contribution in [0.5, 0.6) is 11.8 Å². The molecule has 8 nitrogen and oxygen atoms in total. The number of benzene rings is 1. The Morgan fingerprint density at radius 1 is 0.889 bits per heavy atom. The molecule has 0 aliphatic rings. The number of carbonyl (C=O) groups excluding carboxylic acids is 1. The predicted molar refractivity (Wildman–Crippen MR) is 105 cm³/mol. The molecule has 36 heavy (non-hydrogen) atoms. The number of urea groups is 1. The number of hydrogen-bond donors (Lipinski definition) is 1. The monoisotopic (exact) mass is 536 g/mol. The minimum atomic E-state index is -4.83. The van der Waals surface area contributed by atoms with Gasteiger partial charge in [0.25, 0.3) is 0 Å². The van der Waals surface area contributed by atoms with Crippen LogP contribution in [0.3, 0.4) is 0 Å². The van der Waals surface area contributed by atoms with Crippen molar-refractivity contribution in [1.82, 2.24) is 9.97 Å². The maximum absolute atomic E-state index is 12.7. The van der Waals surface area contributed by atoms with Gasteiger partial charge in [0.15, 0.2) is 13.2 Å². The summed E-state index contributed by atoms with van der Waals surface area (Å²) in [4.78, 5) is 20.5. The first-order chi connectivity index (χ1) is 16.6. The molecule has 0 aliphatic heterocycles. The summed E-state index contributed by atoms with van der Waals surface area (Å²) in [6.45, 7) is -2.87. The maximum atomic E-state index is 12.7. The molecule has 0 bridgehead atoms. The predicted octanol–water partition coefficient (Wildman–Crippen LogP) is 5.41. The fourth-order valence-electron chi connectivity index (χ4n) is 2.30. The molecule has 0 spiro atoms. The Labute approximate surface area is 197 Å².